The molecule has 36 heavy (non-hydrogen) atoms. The fraction of sp³-hybridized carbons (Fsp3) is 0.774. The molecule has 2 bridgehead atoms. The van der Waals surface area contributed by atoms with Gasteiger partial charge in [0.1, 0.15) is 0 Å². The van der Waals surface area contributed by atoms with Crippen LogP contribution in [0.25, 0.3) is 0 Å². The van der Waals surface area contributed by atoms with Gasteiger partial charge >= 0.3 is 5.97 Å². The third kappa shape index (κ3) is 6.90. The Hall–Kier alpha value is -1.43. The van der Waals surface area contributed by atoms with E-state index in [4.69, 9.17) is 9.47 Å². The number of hydrogen-bond acceptors (Lipinski definition) is 5. The molecule has 0 aromatic heterocycles. The smallest absolute Gasteiger partial charge is 0.340 e. The SMILES string of the molecule is CC.CCC(C)c1ccc(C(=O)OC(OC2CCCCC2)C23CC(C)CC(O)(CC(C)(O)C2)C3)cc1. The van der Waals surface area contributed by atoms with Crippen molar-refractivity contribution in [2.75, 3.05) is 0 Å². The number of benzene rings is 1. The van der Waals surface area contributed by atoms with Gasteiger partial charge in [-0.3, -0.25) is 0 Å². The fourth-order valence-electron chi connectivity index (χ4n) is 7.30. The number of hydrogen-bond donors (Lipinski definition) is 2. The monoisotopic (exact) mass is 502 g/mol. The summed E-state index contributed by atoms with van der Waals surface area (Å²) in [5.74, 6) is 0.316. The molecule has 204 valence electrons. The van der Waals surface area contributed by atoms with Crippen molar-refractivity contribution < 1.29 is 24.5 Å². The van der Waals surface area contributed by atoms with Crippen LogP contribution in [-0.4, -0.2) is 39.8 Å². The number of carbonyl (C=O) groups is 1. The van der Waals surface area contributed by atoms with Crippen LogP contribution in [0.15, 0.2) is 24.3 Å². The van der Waals surface area contributed by atoms with Crippen molar-refractivity contribution in [3.63, 3.8) is 0 Å². The molecular formula is C31H50O5. The Morgan fingerprint density at radius 3 is 2.28 bits per heavy atom. The lowest BCUT2D eigenvalue weighted by Gasteiger charge is -2.58. The molecule has 4 rings (SSSR count). The van der Waals surface area contributed by atoms with E-state index in [0.717, 1.165) is 38.5 Å². The molecule has 0 spiro atoms. The van der Waals surface area contributed by atoms with Gasteiger partial charge in [0.05, 0.1) is 22.9 Å². The molecule has 6 unspecified atom stereocenters. The summed E-state index contributed by atoms with van der Waals surface area (Å²) in [7, 11) is 0. The van der Waals surface area contributed by atoms with E-state index in [2.05, 4.69) is 20.8 Å². The standard InChI is InChI=1S/C29H44O5.C2H6/c1-5-21(3)22-11-13-23(14-12-22)25(30)34-26(33-24-9-7-6-8-10-24)28-15-20(2)16-29(32,19-28)18-27(4,31)17-28;1-2/h11-14,20-21,24,26,31-32H,5-10,15-19H2,1-4H3;1-2H3. The van der Waals surface area contributed by atoms with Crippen LogP contribution in [0.4, 0.5) is 0 Å². The molecule has 3 saturated carbocycles. The van der Waals surface area contributed by atoms with Crippen molar-refractivity contribution in [1.82, 2.24) is 0 Å². The summed E-state index contributed by atoms with van der Waals surface area (Å²) in [5, 5.41) is 22.6. The Balaban J connectivity index is 0.00000176. The lowest BCUT2D eigenvalue weighted by Crippen LogP contribution is -2.61. The summed E-state index contributed by atoms with van der Waals surface area (Å²) in [5.41, 5.74) is -0.855. The molecule has 0 radical (unpaired) electrons. The van der Waals surface area contributed by atoms with E-state index in [-0.39, 0.29) is 12.0 Å². The van der Waals surface area contributed by atoms with Crippen molar-refractivity contribution in [2.24, 2.45) is 11.3 Å². The first-order valence-electron chi connectivity index (χ1n) is 14.4. The van der Waals surface area contributed by atoms with Gasteiger partial charge in [0.25, 0.3) is 0 Å². The lowest BCUT2D eigenvalue weighted by atomic mass is 9.53. The minimum absolute atomic E-state index is 0.0471. The van der Waals surface area contributed by atoms with Crippen LogP contribution in [0, 0.1) is 11.3 Å². The van der Waals surface area contributed by atoms with Crippen LogP contribution < -0.4 is 0 Å². The van der Waals surface area contributed by atoms with Crippen molar-refractivity contribution in [1.29, 1.82) is 0 Å². The molecule has 0 heterocycles. The van der Waals surface area contributed by atoms with Crippen LogP contribution in [0.2, 0.25) is 0 Å². The van der Waals surface area contributed by atoms with Crippen LogP contribution in [0.5, 0.6) is 0 Å². The third-order valence-corrected chi connectivity index (χ3v) is 8.52. The highest BCUT2D eigenvalue weighted by atomic mass is 16.7. The Morgan fingerprint density at radius 1 is 1.03 bits per heavy atom. The molecule has 2 N–H and O–H groups in total. The van der Waals surface area contributed by atoms with Crippen molar-refractivity contribution in [3.05, 3.63) is 35.4 Å². The van der Waals surface area contributed by atoms with E-state index in [1.165, 1.54) is 12.0 Å². The first kappa shape index (κ1) is 29.1. The molecule has 5 nitrogen and oxygen atoms in total. The Kier molecular flexibility index (Phi) is 9.68. The number of ether oxygens (including phenoxy) is 2. The molecule has 3 fully saturated rings. The molecule has 6 atom stereocenters. The van der Waals surface area contributed by atoms with Gasteiger partial charge in [0.2, 0.25) is 6.29 Å². The van der Waals surface area contributed by atoms with Crippen LogP contribution in [0.3, 0.4) is 0 Å². The molecule has 3 aliphatic rings. The van der Waals surface area contributed by atoms with Crippen molar-refractivity contribution >= 4 is 5.97 Å². The van der Waals surface area contributed by atoms with E-state index < -0.39 is 28.9 Å². The van der Waals surface area contributed by atoms with Gasteiger partial charge in [-0.2, -0.15) is 0 Å². The number of aliphatic hydroxyl groups is 2. The number of rotatable bonds is 7. The molecular weight excluding hydrogens is 452 g/mol. The lowest BCUT2D eigenvalue weighted by molar-refractivity contribution is -0.273. The second-order valence-corrected chi connectivity index (χ2v) is 12.2. The zero-order valence-electron chi connectivity index (χ0n) is 23.5. The van der Waals surface area contributed by atoms with Crippen molar-refractivity contribution in [3.8, 4) is 0 Å². The minimum Gasteiger partial charge on any atom is -0.432 e. The molecule has 0 aliphatic heterocycles. The van der Waals surface area contributed by atoms with Gasteiger partial charge in [-0.05, 0) is 81.4 Å². The van der Waals surface area contributed by atoms with Gasteiger partial charge in [-0.15, -0.1) is 0 Å². The fourth-order valence-corrected chi connectivity index (χ4v) is 7.30. The maximum absolute atomic E-state index is 13.3. The van der Waals surface area contributed by atoms with Crippen LogP contribution >= 0.6 is 0 Å². The Bertz CT molecular complexity index is 839. The molecule has 0 saturated heterocycles. The van der Waals surface area contributed by atoms with Gasteiger partial charge in [0, 0.05) is 11.8 Å². The number of fused-ring (bicyclic) bond motifs is 2. The minimum atomic E-state index is -1.02. The van der Waals surface area contributed by atoms with Gasteiger partial charge in [0.15, 0.2) is 0 Å². The third-order valence-electron chi connectivity index (χ3n) is 8.52. The average Bonchev–Trinajstić information content (AvgIpc) is 2.82. The van der Waals surface area contributed by atoms with Crippen molar-refractivity contribution in [2.45, 2.75) is 142 Å². The number of carbonyl (C=O) groups excluding carboxylic acids is 1. The molecule has 3 aliphatic carbocycles. The van der Waals surface area contributed by atoms with E-state index in [9.17, 15) is 15.0 Å². The average molecular weight is 503 g/mol. The van der Waals surface area contributed by atoms with Gasteiger partial charge < -0.3 is 19.7 Å². The maximum Gasteiger partial charge on any atom is 0.340 e. The summed E-state index contributed by atoms with van der Waals surface area (Å²) in [6, 6.07) is 7.70. The molecule has 5 heteroatoms. The summed E-state index contributed by atoms with van der Waals surface area (Å²) in [6.45, 7) is 12.3. The second kappa shape index (κ2) is 12.0. The quantitative estimate of drug-likeness (QED) is 0.306. The van der Waals surface area contributed by atoms with E-state index in [0.29, 0.717) is 37.2 Å². The zero-order chi connectivity index (χ0) is 26.6. The summed E-state index contributed by atoms with van der Waals surface area (Å²) in [4.78, 5) is 13.3. The summed E-state index contributed by atoms with van der Waals surface area (Å²) >= 11 is 0. The van der Waals surface area contributed by atoms with Gasteiger partial charge in [-0.1, -0.05) is 66.0 Å². The van der Waals surface area contributed by atoms with E-state index in [1.807, 2.05) is 38.1 Å². The topological polar surface area (TPSA) is 76.0 Å². The largest absolute Gasteiger partial charge is 0.432 e. The summed E-state index contributed by atoms with van der Waals surface area (Å²) in [6.07, 6.45) is 8.43. The predicted molar refractivity (Wildman–Crippen MR) is 144 cm³/mol. The molecule has 0 amide bonds. The Morgan fingerprint density at radius 2 is 1.67 bits per heavy atom. The summed E-state index contributed by atoms with van der Waals surface area (Å²) < 4.78 is 12.8. The maximum atomic E-state index is 13.3. The highest BCUT2D eigenvalue weighted by Gasteiger charge is 2.60. The normalized spacial score (nSPS) is 34.2. The van der Waals surface area contributed by atoms with E-state index >= 15 is 0 Å². The highest BCUT2D eigenvalue weighted by Crippen LogP contribution is 2.58. The van der Waals surface area contributed by atoms with Crippen LogP contribution in [0.1, 0.15) is 134 Å². The zero-order valence-corrected chi connectivity index (χ0v) is 23.5. The second-order valence-electron chi connectivity index (χ2n) is 12.2. The molecule has 1 aromatic carbocycles. The number of esters is 1. The Labute approximate surface area is 219 Å². The first-order valence-corrected chi connectivity index (χ1v) is 14.4. The van der Waals surface area contributed by atoms with Crippen LogP contribution in [-0.2, 0) is 9.47 Å². The highest BCUT2D eigenvalue weighted by molar-refractivity contribution is 5.89. The predicted octanol–water partition coefficient (Wildman–Crippen LogP) is 7.14. The van der Waals surface area contributed by atoms with E-state index in [1.54, 1.807) is 6.92 Å². The molecule has 1 aromatic rings. The first-order chi connectivity index (χ1) is 17.0. The van der Waals surface area contributed by atoms with Gasteiger partial charge in [-0.25, -0.2) is 4.79 Å².